The third-order valence-electron chi connectivity index (χ3n) is 3.03. The molecule has 0 aliphatic heterocycles. The molecule has 2 aromatic rings. The molecule has 0 aliphatic rings. The van der Waals surface area contributed by atoms with Gasteiger partial charge in [-0.3, -0.25) is 4.79 Å². The maximum absolute atomic E-state index is 11.9. The average molecular weight is 363 g/mol. The van der Waals surface area contributed by atoms with Crippen molar-refractivity contribution in [2.24, 2.45) is 5.41 Å². The van der Waals surface area contributed by atoms with E-state index < -0.39 is 5.41 Å². The van der Waals surface area contributed by atoms with Gasteiger partial charge in [0.2, 0.25) is 5.91 Å². The lowest BCUT2D eigenvalue weighted by atomic mass is 9.96. The topological polar surface area (TPSA) is 66.9 Å². The van der Waals surface area contributed by atoms with Crippen LogP contribution in [0.15, 0.2) is 34.8 Å². The summed E-state index contributed by atoms with van der Waals surface area (Å²) in [4.78, 5) is 11.9. The minimum Gasteiger partial charge on any atom is -0.339 e. The molecule has 2 N–H and O–H groups in total. The van der Waals surface area contributed by atoms with Crippen LogP contribution in [0.5, 0.6) is 0 Å². The van der Waals surface area contributed by atoms with Crippen LogP contribution in [-0.4, -0.2) is 16.1 Å². The number of aromatic nitrogens is 2. The van der Waals surface area contributed by atoms with E-state index in [9.17, 15) is 4.79 Å². The number of nitrogens with one attached hydrogen (secondary N) is 2. The molecule has 0 saturated carbocycles. The summed E-state index contributed by atoms with van der Waals surface area (Å²) in [5.74, 6) is 0.963. The smallest absolute Gasteiger partial charge is 0.230 e. The van der Waals surface area contributed by atoms with Crippen molar-refractivity contribution in [3.63, 3.8) is 0 Å². The number of anilines is 3. The summed E-state index contributed by atoms with van der Waals surface area (Å²) in [5, 5.41) is 14.0. The summed E-state index contributed by atoms with van der Waals surface area (Å²) >= 11 is 3.49. The Labute approximate surface area is 138 Å². The first-order valence-electron chi connectivity index (χ1n) is 6.94. The lowest BCUT2D eigenvalue weighted by molar-refractivity contribution is -0.123. The Balaban J connectivity index is 2.06. The van der Waals surface area contributed by atoms with Crippen LogP contribution in [0, 0.1) is 12.3 Å². The van der Waals surface area contributed by atoms with Crippen LogP contribution in [0.2, 0.25) is 0 Å². The number of rotatable bonds is 3. The van der Waals surface area contributed by atoms with Crippen LogP contribution >= 0.6 is 15.9 Å². The quantitative estimate of drug-likeness (QED) is 0.854. The van der Waals surface area contributed by atoms with E-state index in [0.29, 0.717) is 11.6 Å². The Morgan fingerprint density at radius 3 is 2.27 bits per heavy atom. The predicted octanol–water partition coefficient (Wildman–Crippen LogP) is 4.28. The molecule has 5 nitrogen and oxygen atoms in total. The highest BCUT2D eigenvalue weighted by molar-refractivity contribution is 9.10. The maximum atomic E-state index is 11.9. The van der Waals surface area contributed by atoms with Gasteiger partial charge in [0.1, 0.15) is 0 Å². The van der Waals surface area contributed by atoms with Crippen LogP contribution in [0.25, 0.3) is 0 Å². The fraction of sp³-hybridized carbons (Fsp3) is 0.312. The van der Waals surface area contributed by atoms with Gasteiger partial charge in [-0.15, -0.1) is 10.2 Å². The molecule has 1 heterocycles. The first kappa shape index (κ1) is 16.4. The fourth-order valence-corrected chi connectivity index (χ4v) is 1.97. The molecule has 1 amide bonds. The van der Waals surface area contributed by atoms with Crippen LogP contribution in [0.1, 0.15) is 26.3 Å². The Morgan fingerprint density at radius 2 is 1.73 bits per heavy atom. The molecule has 0 bridgehead atoms. The molecule has 0 aliphatic carbocycles. The van der Waals surface area contributed by atoms with Gasteiger partial charge in [0, 0.05) is 15.6 Å². The van der Waals surface area contributed by atoms with Crippen LogP contribution < -0.4 is 10.6 Å². The second-order valence-electron chi connectivity index (χ2n) is 6.10. The normalized spacial score (nSPS) is 11.1. The van der Waals surface area contributed by atoms with Gasteiger partial charge in [0.25, 0.3) is 0 Å². The third kappa shape index (κ3) is 4.27. The largest absolute Gasteiger partial charge is 0.339 e. The molecular weight excluding hydrogens is 344 g/mol. The second-order valence-corrected chi connectivity index (χ2v) is 6.95. The molecule has 2 rings (SSSR count). The monoisotopic (exact) mass is 362 g/mol. The first-order valence-corrected chi connectivity index (χ1v) is 7.73. The van der Waals surface area contributed by atoms with Crippen LogP contribution in [-0.2, 0) is 4.79 Å². The molecule has 1 aromatic heterocycles. The van der Waals surface area contributed by atoms with E-state index in [1.54, 1.807) is 12.1 Å². The number of aryl methyl sites for hydroxylation is 1. The number of benzene rings is 1. The Kier molecular flexibility index (Phi) is 4.81. The summed E-state index contributed by atoms with van der Waals surface area (Å²) < 4.78 is 1.03. The maximum Gasteiger partial charge on any atom is 0.230 e. The molecule has 22 heavy (non-hydrogen) atoms. The Hall–Kier alpha value is -1.95. The standard InChI is InChI=1S/C16H19BrN4O/c1-10-5-6-11(9-12(10)17)18-13-7-8-14(21-20-13)19-15(22)16(2,3)4/h5-9H,1-4H3,(H,18,20)(H,19,21,22). The SMILES string of the molecule is Cc1ccc(Nc2ccc(NC(=O)C(C)(C)C)nn2)cc1Br. The van der Waals surface area contributed by atoms with Crippen molar-refractivity contribution < 1.29 is 4.79 Å². The van der Waals surface area contributed by atoms with Crippen molar-refractivity contribution >= 4 is 39.2 Å². The number of hydrogen-bond acceptors (Lipinski definition) is 4. The van der Waals surface area contributed by atoms with Crippen LogP contribution in [0.3, 0.4) is 0 Å². The zero-order valence-corrected chi connectivity index (χ0v) is 14.7. The average Bonchev–Trinajstić information content (AvgIpc) is 2.44. The summed E-state index contributed by atoms with van der Waals surface area (Å²) in [6.45, 7) is 7.57. The van der Waals surface area contributed by atoms with Crippen molar-refractivity contribution in [1.82, 2.24) is 10.2 Å². The lowest BCUT2D eigenvalue weighted by Gasteiger charge is -2.16. The summed E-state index contributed by atoms with van der Waals surface area (Å²) in [6, 6.07) is 9.46. The van der Waals surface area contributed by atoms with Gasteiger partial charge in [0.05, 0.1) is 0 Å². The third-order valence-corrected chi connectivity index (χ3v) is 3.89. The molecule has 1 aromatic carbocycles. The van der Waals surface area contributed by atoms with Crippen molar-refractivity contribution in [2.75, 3.05) is 10.6 Å². The van der Waals surface area contributed by atoms with Crippen LogP contribution in [0.4, 0.5) is 17.3 Å². The molecule has 0 saturated heterocycles. The van der Waals surface area contributed by atoms with Gasteiger partial charge in [-0.1, -0.05) is 42.8 Å². The molecule has 0 unspecified atom stereocenters. The summed E-state index contributed by atoms with van der Waals surface area (Å²) in [6.07, 6.45) is 0. The molecular formula is C16H19BrN4O. The number of carbonyl (C=O) groups excluding carboxylic acids is 1. The molecule has 0 spiro atoms. The minimum absolute atomic E-state index is 0.0926. The van der Waals surface area contributed by atoms with Gasteiger partial charge in [0.15, 0.2) is 11.6 Å². The van der Waals surface area contributed by atoms with Crippen molar-refractivity contribution in [1.29, 1.82) is 0 Å². The number of amides is 1. The fourth-order valence-electron chi connectivity index (χ4n) is 1.59. The van der Waals surface area contributed by atoms with Crippen molar-refractivity contribution in [2.45, 2.75) is 27.7 Å². The van der Waals surface area contributed by atoms with Crippen molar-refractivity contribution in [3.8, 4) is 0 Å². The molecule has 116 valence electrons. The number of carbonyl (C=O) groups is 1. The van der Waals surface area contributed by atoms with Gasteiger partial charge in [-0.05, 0) is 36.8 Å². The molecule has 0 atom stereocenters. The summed E-state index contributed by atoms with van der Waals surface area (Å²) in [7, 11) is 0. The highest BCUT2D eigenvalue weighted by Gasteiger charge is 2.21. The highest BCUT2D eigenvalue weighted by atomic mass is 79.9. The van der Waals surface area contributed by atoms with E-state index in [0.717, 1.165) is 15.7 Å². The predicted molar refractivity (Wildman–Crippen MR) is 92.3 cm³/mol. The lowest BCUT2D eigenvalue weighted by Crippen LogP contribution is -2.28. The van der Waals surface area contributed by atoms with Gasteiger partial charge in [-0.25, -0.2) is 0 Å². The second kappa shape index (κ2) is 6.44. The Morgan fingerprint density at radius 1 is 1.09 bits per heavy atom. The molecule has 0 radical (unpaired) electrons. The van der Waals surface area contributed by atoms with E-state index in [1.165, 1.54) is 0 Å². The van der Waals surface area contributed by atoms with E-state index in [1.807, 2.05) is 45.9 Å². The van der Waals surface area contributed by atoms with Crippen molar-refractivity contribution in [3.05, 3.63) is 40.4 Å². The van der Waals surface area contributed by atoms with Gasteiger partial charge >= 0.3 is 0 Å². The molecule has 6 heteroatoms. The number of hydrogen-bond donors (Lipinski definition) is 2. The van der Waals surface area contributed by atoms with E-state index in [4.69, 9.17) is 0 Å². The first-order chi connectivity index (χ1) is 10.3. The zero-order valence-electron chi connectivity index (χ0n) is 13.1. The number of halogens is 1. The van der Waals surface area contributed by atoms with E-state index >= 15 is 0 Å². The van der Waals surface area contributed by atoms with E-state index in [2.05, 4.69) is 36.8 Å². The highest BCUT2D eigenvalue weighted by Crippen LogP contribution is 2.23. The zero-order chi connectivity index (χ0) is 16.3. The van der Waals surface area contributed by atoms with Gasteiger partial charge < -0.3 is 10.6 Å². The van der Waals surface area contributed by atoms with E-state index in [-0.39, 0.29) is 5.91 Å². The minimum atomic E-state index is -0.465. The number of nitrogens with zero attached hydrogens (tertiary/aromatic N) is 2. The molecule has 0 fully saturated rings. The van der Waals surface area contributed by atoms with Gasteiger partial charge in [-0.2, -0.15) is 0 Å². The summed E-state index contributed by atoms with van der Waals surface area (Å²) in [5.41, 5.74) is 1.61. The Bertz CT molecular complexity index is 678.